The van der Waals surface area contributed by atoms with Crippen molar-refractivity contribution in [1.29, 1.82) is 0 Å². The molecule has 0 aromatic carbocycles. The SMILES string of the molecule is CCCCCC(CC)C1(C(=O)O)C=CC=CC1C(=O)O. The molecular weight excluding hydrogens is 256 g/mol. The van der Waals surface area contributed by atoms with Gasteiger partial charge in [-0.3, -0.25) is 9.59 Å². The lowest BCUT2D eigenvalue weighted by atomic mass is 9.62. The van der Waals surface area contributed by atoms with E-state index in [1.54, 1.807) is 18.2 Å². The van der Waals surface area contributed by atoms with Gasteiger partial charge in [-0.1, -0.05) is 63.8 Å². The van der Waals surface area contributed by atoms with Crippen molar-refractivity contribution >= 4 is 11.9 Å². The first-order chi connectivity index (χ1) is 9.50. The fraction of sp³-hybridized carbons (Fsp3) is 0.625. The second kappa shape index (κ2) is 7.27. The predicted molar refractivity (Wildman–Crippen MR) is 77.4 cm³/mol. The molecule has 0 saturated carbocycles. The average Bonchev–Trinajstić information content (AvgIpc) is 2.43. The summed E-state index contributed by atoms with van der Waals surface area (Å²) >= 11 is 0. The van der Waals surface area contributed by atoms with Gasteiger partial charge in [0.2, 0.25) is 0 Å². The summed E-state index contributed by atoms with van der Waals surface area (Å²) in [4.78, 5) is 23.4. The minimum atomic E-state index is -1.32. The molecule has 1 rings (SSSR count). The highest BCUT2D eigenvalue weighted by Crippen LogP contribution is 2.45. The van der Waals surface area contributed by atoms with Crippen LogP contribution >= 0.6 is 0 Å². The van der Waals surface area contributed by atoms with Gasteiger partial charge in [0.25, 0.3) is 0 Å². The predicted octanol–water partition coefficient (Wildman–Crippen LogP) is 3.49. The Morgan fingerprint density at radius 1 is 1.20 bits per heavy atom. The number of aliphatic carboxylic acids is 2. The van der Waals surface area contributed by atoms with Crippen LogP contribution in [0.5, 0.6) is 0 Å². The van der Waals surface area contributed by atoms with E-state index in [-0.39, 0.29) is 5.92 Å². The summed E-state index contributed by atoms with van der Waals surface area (Å²) in [7, 11) is 0. The Bertz CT molecular complexity index is 411. The highest BCUT2D eigenvalue weighted by atomic mass is 16.4. The topological polar surface area (TPSA) is 74.6 Å². The molecule has 20 heavy (non-hydrogen) atoms. The molecule has 0 radical (unpaired) electrons. The molecule has 4 heteroatoms. The molecule has 0 spiro atoms. The Hall–Kier alpha value is -1.58. The average molecular weight is 280 g/mol. The lowest BCUT2D eigenvalue weighted by Crippen LogP contribution is -2.46. The van der Waals surface area contributed by atoms with Crippen LogP contribution in [-0.2, 0) is 9.59 Å². The third kappa shape index (κ3) is 3.11. The van der Waals surface area contributed by atoms with Crippen molar-refractivity contribution in [2.24, 2.45) is 17.3 Å². The molecular formula is C16H24O4. The molecule has 3 atom stereocenters. The minimum absolute atomic E-state index is 0.158. The van der Waals surface area contributed by atoms with Gasteiger partial charge < -0.3 is 10.2 Å². The van der Waals surface area contributed by atoms with E-state index in [1.807, 2.05) is 6.92 Å². The van der Waals surface area contributed by atoms with Gasteiger partial charge in [-0.25, -0.2) is 0 Å². The van der Waals surface area contributed by atoms with Crippen LogP contribution in [-0.4, -0.2) is 22.2 Å². The van der Waals surface area contributed by atoms with Gasteiger partial charge in [-0.2, -0.15) is 0 Å². The molecule has 2 N–H and O–H groups in total. The summed E-state index contributed by atoms with van der Waals surface area (Å²) in [6, 6.07) is 0. The van der Waals surface area contributed by atoms with E-state index in [1.165, 1.54) is 6.08 Å². The third-order valence-electron chi connectivity index (χ3n) is 4.26. The lowest BCUT2D eigenvalue weighted by molar-refractivity contribution is -0.160. The Morgan fingerprint density at radius 2 is 1.90 bits per heavy atom. The van der Waals surface area contributed by atoms with Crippen LogP contribution in [0.15, 0.2) is 24.3 Å². The van der Waals surface area contributed by atoms with Gasteiger partial charge in [0.1, 0.15) is 5.41 Å². The Balaban J connectivity index is 3.11. The van der Waals surface area contributed by atoms with Gasteiger partial charge in [0.05, 0.1) is 5.92 Å². The van der Waals surface area contributed by atoms with Crippen LogP contribution in [0.25, 0.3) is 0 Å². The van der Waals surface area contributed by atoms with E-state index >= 15 is 0 Å². The van der Waals surface area contributed by atoms with E-state index in [0.29, 0.717) is 6.42 Å². The maximum atomic E-state index is 11.9. The molecule has 0 aromatic heterocycles. The van der Waals surface area contributed by atoms with Gasteiger partial charge in [-0.15, -0.1) is 0 Å². The number of carboxylic acid groups (broad SMARTS) is 2. The first-order valence-electron chi connectivity index (χ1n) is 7.32. The number of carboxylic acids is 2. The maximum absolute atomic E-state index is 11.9. The number of carbonyl (C=O) groups is 2. The lowest BCUT2D eigenvalue weighted by Gasteiger charge is -2.39. The zero-order chi connectivity index (χ0) is 15.2. The quantitative estimate of drug-likeness (QED) is 0.667. The first-order valence-corrected chi connectivity index (χ1v) is 7.32. The number of hydrogen-bond acceptors (Lipinski definition) is 2. The Morgan fingerprint density at radius 3 is 2.40 bits per heavy atom. The Labute approximate surface area is 120 Å². The standard InChI is InChI=1S/C16H24O4/c1-3-5-6-9-12(4-2)16(15(19)20)11-8-7-10-13(16)14(17)18/h7-8,10-13H,3-6,9H2,1-2H3,(H,17,18)(H,19,20). The monoisotopic (exact) mass is 280 g/mol. The second-order valence-electron chi connectivity index (χ2n) is 5.40. The molecule has 1 aliphatic carbocycles. The smallest absolute Gasteiger partial charge is 0.315 e. The van der Waals surface area contributed by atoms with Crippen molar-refractivity contribution in [2.45, 2.75) is 46.0 Å². The highest BCUT2D eigenvalue weighted by Gasteiger charge is 2.51. The summed E-state index contributed by atoms with van der Waals surface area (Å²) in [5, 5.41) is 19.1. The largest absolute Gasteiger partial charge is 0.481 e. The minimum Gasteiger partial charge on any atom is -0.481 e. The zero-order valence-corrected chi connectivity index (χ0v) is 12.2. The molecule has 0 aromatic rings. The molecule has 0 aliphatic heterocycles. The fourth-order valence-electron chi connectivity index (χ4n) is 3.13. The summed E-state index contributed by atoms with van der Waals surface area (Å²) in [6.45, 7) is 4.03. The van der Waals surface area contributed by atoms with Gasteiger partial charge in [-0.05, 0) is 12.3 Å². The number of rotatable bonds is 8. The van der Waals surface area contributed by atoms with E-state index < -0.39 is 23.3 Å². The fourth-order valence-corrected chi connectivity index (χ4v) is 3.13. The van der Waals surface area contributed by atoms with Crippen LogP contribution in [0.2, 0.25) is 0 Å². The van der Waals surface area contributed by atoms with Gasteiger partial charge in [0, 0.05) is 0 Å². The number of unbranched alkanes of at least 4 members (excludes halogenated alkanes) is 2. The molecule has 0 bridgehead atoms. The summed E-state index contributed by atoms with van der Waals surface area (Å²) in [5.74, 6) is -3.25. The van der Waals surface area contributed by atoms with Crippen molar-refractivity contribution in [3.8, 4) is 0 Å². The summed E-state index contributed by atoms with van der Waals surface area (Å²) < 4.78 is 0. The first kappa shape index (κ1) is 16.5. The number of allylic oxidation sites excluding steroid dienone is 2. The normalized spacial score (nSPS) is 26.4. The highest BCUT2D eigenvalue weighted by molar-refractivity contribution is 5.87. The molecule has 0 fully saturated rings. The van der Waals surface area contributed by atoms with Crippen LogP contribution in [0, 0.1) is 17.3 Å². The van der Waals surface area contributed by atoms with Crippen molar-refractivity contribution < 1.29 is 19.8 Å². The summed E-state index contributed by atoms with van der Waals surface area (Å²) in [5.41, 5.74) is -1.32. The van der Waals surface area contributed by atoms with Gasteiger partial charge >= 0.3 is 11.9 Å². The van der Waals surface area contributed by atoms with Crippen molar-refractivity contribution in [3.05, 3.63) is 24.3 Å². The van der Waals surface area contributed by atoms with E-state index in [9.17, 15) is 19.8 Å². The number of hydrogen-bond donors (Lipinski definition) is 2. The van der Waals surface area contributed by atoms with E-state index in [4.69, 9.17) is 0 Å². The molecule has 4 nitrogen and oxygen atoms in total. The van der Waals surface area contributed by atoms with Crippen molar-refractivity contribution in [2.75, 3.05) is 0 Å². The van der Waals surface area contributed by atoms with Crippen LogP contribution in [0.1, 0.15) is 46.0 Å². The molecule has 3 unspecified atom stereocenters. The van der Waals surface area contributed by atoms with Gasteiger partial charge in [0.15, 0.2) is 0 Å². The maximum Gasteiger partial charge on any atom is 0.315 e. The molecule has 1 aliphatic rings. The van der Waals surface area contributed by atoms with Crippen LogP contribution < -0.4 is 0 Å². The second-order valence-corrected chi connectivity index (χ2v) is 5.40. The van der Waals surface area contributed by atoms with Crippen molar-refractivity contribution in [1.82, 2.24) is 0 Å². The third-order valence-corrected chi connectivity index (χ3v) is 4.26. The van der Waals surface area contributed by atoms with Crippen LogP contribution in [0.3, 0.4) is 0 Å². The van der Waals surface area contributed by atoms with Crippen molar-refractivity contribution in [3.63, 3.8) is 0 Å². The van der Waals surface area contributed by atoms with E-state index in [0.717, 1.165) is 25.7 Å². The molecule has 112 valence electrons. The molecule has 0 amide bonds. The van der Waals surface area contributed by atoms with Crippen LogP contribution in [0.4, 0.5) is 0 Å². The molecule has 0 saturated heterocycles. The molecule has 0 heterocycles. The summed E-state index contributed by atoms with van der Waals surface area (Å²) in [6.07, 6.45) is 10.8. The zero-order valence-electron chi connectivity index (χ0n) is 12.2. The van der Waals surface area contributed by atoms with E-state index in [2.05, 4.69) is 6.92 Å². The Kier molecular flexibility index (Phi) is 5.99.